The van der Waals surface area contributed by atoms with Gasteiger partial charge in [-0.1, -0.05) is 0 Å². The van der Waals surface area contributed by atoms with E-state index in [9.17, 15) is 4.79 Å². The second-order valence-electron chi connectivity index (χ2n) is 3.42. The third-order valence-electron chi connectivity index (χ3n) is 2.23. The maximum absolute atomic E-state index is 11.3. The molecule has 4 nitrogen and oxygen atoms in total. The summed E-state index contributed by atoms with van der Waals surface area (Å²) in [6, 6.07) is 3.79. The summed E-state index contributed by atoms with van der Waals surface area (Å²) in [5.41, 5.74) is 5.30. The summed E-state index contributed by atoms with van der Waals surface area (Å²) in [6.07, 6.45) is 0. The van der Waals surface area contributed by atoms with Crippen LogP contribution in [0.1, 0.15) is 18.3 Å². The van der Waals surface area contributed by atoms with Crippen molar-refractivity contribution in [1.82, 2.24) is 9.99 Å². The van der Waals surface area contributed by atoms with Gasteiger partial charge in [0.1, 0.15) is 6.04 Å². The molecule has 2 N–H and O–H groups in total. The van der Waals surface area contributed by atoms with Crippen LogP contribution < -0.4 is 10.7 Å². The van der Waals surface area contributed by atoms with Gasteiger partial charge in [-0.2, -0.15) is 0 Å². The molecular formula is C10H17N3O. The maximum Gasteiger partial charge on any atom is 0.243 e. The number of hydrogen-bond acceptors (Lipinski definition) is 2. The molecule has 4 heteroatoms. The summed E-state index contributed by atoms with van der Waals surface area (Å²) in [5.74, 6) is -0.0162. The van der Waals surface area contributed by atoms with Crippen molar-refractivity contribution in [3.8, 4) is 0 Å². The Labute approximate surface area is 84.3 Å². The predicted octanol–water partition coefficient (Wildman–Crippen LogP) is 0.783. The fourth-order valence-electron chi connectivity index (χ4n) is 1.34. The molecule has 0 spiro atoms. The van der Waals surface area contributed by atoms with Crippen LogP contribution in [0.5, 0.6) is 0 Å². The lowest BCUT2D eigenvalue weighted by atomic mass is 10.3. The summed E-state index contributed by atoms with van der Waals surface area (Å²) in [5, 5.41) is 2.60. The van der Waals surface area contributed by atoms with Crippen molar-refractivity contribution >= 4 is 5.91 Å². The van der Waals surface area contributed by atoms with E-state index in [4.69, 9.17) is 0 Å². The van der Waals surface area contributed by atoms with Gasteiger partial charge in [-0.25, -0.2) is 0 Å². The Kier molecular flexibility index (Phi) is 3.17. The van der Waals surface area contributed by atoms with Gasteiger partial charge in [-0.3, -0.25) is 9.47 Å². The molecule has 1 rings (SSSR count). The standard InChI is InChI=1S/C10H17N3O/c1-7-5-6-8(2)13(7)12-9(3)10(14)11-4/h5-6,9,12H,1-4H3,(H,11,14). The number of amides is 1. The molecule has 0 aromatic carbocycles. The predicted molar refractivity (Wildman–Crippen MR) is 56.8 cm³/mol. The van der Waals surface area contributed by atoms with Gasteiger partial charge in [0.05, 0.1) is 0 Å². The lowest BCUT2D eigenvalue weighted by Gasteiger charge is -2.17. The number of rotatable bonds is 3. The molecule has 0 fully saturated rings. The highest BCUT2D eigenvalue weighted by atomic mass is 16.2. The number of hydrogen-bond donors (Lipinski definition) is 2. The molecule has 14 heavy (non-hydrogen) atoms. The van der Waals surface area contributed by atoms with Crippen LogP contribution in [0.4, 0.5) is 0 Å². The first-order valence-electron chi connectivity index (χ1n) is 4.69. The van der Waals surface area contributed by atoms with Crippen LogP contribution >= 0.6 is 0 Å². The van der Waals surface area contributed by atoms with Crippen molar-refractivity contribution in [3.63, 3.8) is 0 Å². The Morgan fingerprint density at radius 2 is 1.86 bits per heavy atom. The van der Waals surface area contributed by atoms with Crippen LogP contribution in [0.25, 0.3) is 0 Å². The first-order chi connectivity index (χ1) is 6.56. The van der Waals surface area contributed by atoms with Crippen LogP contribution in [-0.2, 0) is 4.79 Å². The summed E-state index contributed by atoms with van der Waals surface area (Å²) >= 11 is 0. The van der Waals surface area contributed by atoms with E-state index in [2.05, 4.69) is 10.7 Å². The van der Waals surface area contributed by atoms with Gasteiger partial charge in [0.15, 0.2) is 0 Å². The average Bonchev–Trinajstić information content (AvgIpc) is 2.48. The van der Waals surface area contributed by atoms with E-state index in [0.29, 0.717) is 0 Å². The lowest BCUT2D eigenvalue weighted by Crippen LogP contribution is -2.39. The number of likely N-dealkylation sites (N-methyl/N-ethyl adjacent to an activating group) is 1. The zero-order chi connectivity index (χ0) is 10.7. The van der Waals surface area contributed by atoms with Gasteiger partial charge in [0.25, 0.3) is 0 Å². The Morgan fingerprint density at radius 3 is 2.29 bits per heavy atom. The monoisotopic (exact) mass is 195 g/mol. The Hall–Kier alpha value is -1.45. The summed E-state index contributed by atoms with van der Waals surface area (Å²) < 4.78 is 1.92. The minimum atomic E-state index is -0.232. The normalized spacial score (nSPS) is 12.3. The second kappa shape index (κ2) is 4.17. The van der Waals surface area contributed by atoms with Gasteiger partial charge in [-0.15, -0.1) is 0 Å². The summed E-state index contributed by atoms with van der Waals surface area (Å²) in [7, 11) is 1.63. The molecule has 0 saturated heterocycles. The number of carbonyl (C=O) groups excluding carboxylic acids is 1. The minimum absolute atomic E-state index is 0.0162. The van der Waals surface area contributed by atoms with Gasteiger partial charge in [-0.05, 0) is 32.9 Å². The molecule has 1 atom stereocenters. The van der Waals surface area contributed by atoms with Crippen molar-refractivity contribution in [2.24, 2.45) is 0 Å². The second-order valence-corrected chi connectivity index (χ2v) is 3.42. The number of nitrogens with zero attached hydrogens (tertiary/aromatic N) is 1. The van der Waals surface area contributed by atoms with E-state index in [1.54, 1.807) is 7.05 Å². The van der Waals surface area contributed by atoms with Crippen molar-refractivity contribution in [3.05, 3.63) is 23.5 Å². The Morgan fingerprint density at radius 1 is 1.36 bits per heavy atom. The van der Waals surface area contributed by atoms with Crippen molar-refractivity contribution in [2.75, 3.05) is 12.5 Å². The summed E-state index contributed by atoms with van der Waals surface area (Å²) in [4.78, 5) is 11.3. The molecule has 0 radical (unpaired) electrons. The zero-order valence-corrected chi connectivity index (χ0v) is 9.09. The van der Waals surface area contributed by atoms with Crippen LogP contribution in [0.3, 0.4) is 0 Å². The van der Waals surface area contributed by atoms with Crippen molar-refractivity contribution in [1.29, 1.82) is 0 Å². The molecule has 1 aromatic rings. The van der Waals surface area contributed by atoms with E-state index in [-0.39, 0.29) is 11.9 Å². The van der Waals surface area contributed by atoms with E-state index in [0.717, 1.165) is 11.4 Å². The molecule has 1 amide bonds. The topological polar surface area (TPSA) is 46.1 Å². The van der Waals surface area contributed by atoms with Crippen molar-refractivity contribution < 1.29 is 4.79 Å². The highest BCUT2D eigenvalue weighted by Crippen LogP contribution is 2.04. The van der Waals surface area contributed by atoms with Gasteiger partial charge in [0.2, 0.25) is 5.91 Å². The third-order valence-corrected chi connectivity index (χ3v) is 2.23. The third kappa shape index (κ3) is 2.07. The minimum Gasteiger partial charge on any atom is -0.357 e. The zero-order valence-electron chi connectivity index (χ0n) is 9.09. The smallest absolute Gasteiger partial charge is 0.243 e. The van der Waals surface area contributed by atoms with E-state index < -0.39 is 0 Å². The molecular weight excluding hydrogens is 178 g/mol. The summed E-state index contributed by atoms with van der Waals surface area (Å²) in [6.45, 7) is 5.82. The van der Waals surface area contributed by atoms with Gasteiger partial charge < -0.3 is 10.7 Å². The van der Waals surface area contributed by atoms with Crippen molar-refractivity contribution in [2.45, 2.75) is 26.8 Å². The largest absolute Gasteiger partial charge is 0.357 e. The molecule has 0 bridgehead atoms. The van der Waals surface area contributed by atoms with Gasteiger partial charge in [0, 0.05) is 18.4 Å². The molecule has 1 unspecified atom stereocenters. The fraction of sp³-hybridized carbons (Fsp3) is 0.500. The molecule has 0 aliphatic heterocycles. The van der Waals surface area contributed by atoms with Crippen LogP contribution in [0.15, 0.2) is 12.1 Å². The van der Waals surface area contributed by atoms with Gasteiger partial charge >= 0.3 is 0 Å². The Bertz CT molecular complexity index is 311. The lowest BCUT2D eigenvalue weighted by molar-refractivity contribution is -0.121. The maximum atomic E-state index is 11.3. The quantitative estimate of drug-likeness (QED) is 0.748. The first kappa shape index (κ1) is 10.6. The molecule has 0 aliphatic carbocycles. The fourth-order valence-corrected chi connectivity index (χ4v) is 1.34. The Balaban J connectivity index is 2.73. The molecule has 0 saturated carbocycles. The molecule has 1 heterocycles. The average molecular weight is 195 g/mol. The molecule has 1 aromatic heterocycles. The van der Waals surface area contributed by atoms with Crippen LogP contribution in [0, 0.1) is 13.8 Å². The number of aromatic nitrogens is 1. The SMILES string of the molecule is CNC(=O)C(C)Nn1c(C)ccc1C. The number of nitrogens with one attached hydrogen (secondary N) is 2. The van der Waals surface area contributed by atoms with E-state index in [1.807, 2.05) is 37.6 Å². The first-order valence-corrected chi connectivity index (χ1v) is 4.69. The highest BCUT2D eigenvalue weighted by molar-refractivity contribution is 5.82. The highest BCUT2D eigenvalue weighted by Gasteiger charge is 2.11. The van der Waals surface area contributed by atoms with Crippen LogP contribution in [0.2, 0.25) is 0 Å². The van der Waals surface area contributed by atoms with E-state index in [1.165, 1.54) is 0 Å². The molecule has 78 valence electrons. The number of aryl methyl sites for hydroxylation is 2. The number of carbonyl (C=O) groups is 1. The van der Waals surface area contributed by atoms with Crippen LogP contribution in [-0.4, -0.2) is 23.7 Å². The molecule has 0 aliphatic rings. The van der Waals surface area contributed by atoms with E-state index >= 15 is 0 Å².